The molecule has 1 heterocycles. The Kier molecular flexibility index (Phi) is 4.97. The first-order valence-corrected chi connectivity index (χ1v) is 9.96. The number of nitrogens with one attached hydrogen (secondary N) is 1. The molecule has 1 aromatic heterocycles. The van der Waals surface area contributed by atoms with Crippen LogP contribution in [0, 0.1) is 0 Å². The van der Waals surface area contributed by atoms with E-state index < -0.39 is 0 Å². The summed E-state index contributed by atoms with van der Waals surface area (Å²) in [4.78, 5) is 3.61. The normalized spacial score (nSPS) is 10.7. The number of benzene rings is 4. The molecule has 30 heavy (non-hydrogen) atoms. The molecule has 5 aromatic rings. The molecule has 0 amide bonds. The highest BCUT2D eigenvalue weighted by atomic mass is 16.6. The summed E-state index contributed by atoms with van der Waals surface area (Å²) in [5.74, 6) is 1.58. The van der Waals surface area contributed by atoms with Gasteiger partial charge in [0.1, 0.15) is 11.5 Å². The van der Waals surface area contributed by atoms with Crippen molar-refractivity contribution < 1.29 is 9.31 Å². The van der Waals surface area contributed by atoms with Crippen LogP contribution in [-0.4, -0.2) is 12.7 Å². The second-order valence-corrected chi connectivity index (χ2v) is 7.01. The number of hydrogen-bond donors (Lipinski definition) is 1. The van der Waals surface area contributed by atoms with Gasteiger partial charge in [0, 0.05) is 10.9 Å². The van der Waals surface area contributed by atoms with Gasteiger partial charge < -0.3 is 14.3 Å². The van der Waals surface area contributed by atoms with Crippen molar-refractivity contribution in [2.75, 3.05) is 0 Å². The minimum atomic E-state index is 0.142. The minimum absolute atomic E-state index is 0.142. The van der Waals surface area contributed by atoms with Crippen LogP contribution in [0.4, 0.5) is 0 Å². The smallest absolute Gasteiger partial charge is 0.529 e. The van der Waals surface area contributed by atoms with E-state index >= 15 is 0 Å². The van der Waals surface area contributed by atoms with Crippen LogP contribution in [0.2, 0.25) is 0 Å². The number of fused-ring (bicyclic) bond motifs is 1. The van der Waals surface area contributed by atoms with Gasteiger partial charge >= 0.3 is 7.69 Å². The first-order chi connectivity index (χ1) is 14.9. The van der Waals surface area contributed by atoms with Crippen molar-refractivity contribution in [1.82, 2.24) is 4.98 Å². The standard InChI is InChI=1S/C26H20BNO2/c1-4-11-19(12-5-1)24-25-22(28-26(24)20-13-6-2-7-14-20)17-10-18-23(25)30-27-29-21-15-8-3-9-16-21/h1-18,27-28H. The molecule has 3 nitrogen and oxygen atoms in total. The van der Waals surface area contributed by atoms with E-state index in [9.17, 15) is 0 Å². The van der Waals surface area contributed by atoms with E-state index in [0.717, 1.165) is 44.8 Å². The molecular weight excluding hydrogens is 369 g/mol. The lowest BCUT2D eigenvalue weighted by Gasteiger charge is -2.11. The molecule has 0 aliphatic carbocycles. The van der Waals surface area contributed by atoms with Crippen molar-refractivity contribution in [2.45, 2.75) is 0 Å². The summed E-state index contributed by atoms with van der Waals surface area (Å²) >= 11 is 0. The Hall–Kier alpha value is -3.92. The Labute approximate surface area is 176 Å². The van der Waals surface area contributed by atoms with Crippen molar-refractivity contribution in [3.05, 3.63) is 109 Å². The molecule has 0 saturated carbocycles. The monoisotopic (exact) mass is 389 g/mol. The van der Waals surface area contributed by atoms with Gasteiger partial charge in [0.2, 0.25) is 0 Å². The number of rotatable bonds is 6. The van der Waals surface area contributed by atoms with E-state index in [1.807, 2.05) is 54.6 Å². The third kappa shape index (κ3) is 3.56. The molecule has 0 radical (unpaired) electrons. The van der Waals surface area contributed by atoms with Gasteiger partial charge in [0.25, 0.3) is 0 Å². The number of aromatic nitrogens is 1. The molecule has 0 saturated heterocycles. The molecule has 0 bridgehead atoms. The van der Waals surface area contributed by atoms with Crippen LogP contribution >= 0.6 is 0 Å². The van der Waals surface area contributed by atoms with Crippen molar-refractivity contribution in [3.63, 3.8) is 0 Å². The van der Waals surface area contributed by atoms with Gasteiger partial charge in [-0.1, -0.05) is 84.9 Å². The molecule has 144 valence electrons. The highest BCUT2D eigenvalue weighted by molar-refractivity contribution is 6.22. The Morgan fingerprint density at radius 1 is 0.567 bits per heavy atom. The maximum absolute atomic E-state index is 6.09. The second kappa shape index (κ2) is 8.22. The third-order valence-electron chi connectivity index (χ3n) is 5.09. The van der Waals surface area contributed by atoms with E-state index in [2.05, 4.69) is 59.6 Å². The molecule has 0 atom stereocenters. The largest absolute Gasteiger partial charge is 0.576 e. The zero-order valence-corrected chi connectivity index (χ0v) is 16.4. The number of para-hydroxylation sites is 1. The van der Waals surface area contributed by atoms with Gasteiger partial charge in [0.05, 0.1) is 11.2 Å². The van der Waals surface area contributed by atoms with Crippen molar-refractivity contribution in [3.8, 4) is 33.9 Å². The summed E-state index contributed by atoms with van der Waals surface area (Å²) in [5.41, 5.74) is 5.52. The molecule has 0 fully saturated rings. The predicted octanol–water partition coefficient (Wildman–Crippen LogP) is 6.23. The van der Waals surface area contributed by atoms with Gasteiger partial charge in [-0.15, -0.1) is 0 Å². The third-order valence-corrected chi connectivity index (χ3v) is 5.09. The molecule has 0 unspecified atom stereocenters. The average Bonchev–Trinajstić information content (AvgIpc) is 3.21. The Bertz CT molecular complexity index is 1250. The molecule has 0 aliphatic heterocycles. The lowest BCUT2D eigenvalue weighted by atomic mass is 9.98. The van der Waals surface area contributed by atoms with Gasteiger partial charge in [-0.3, -0.25) is 0 Å². The first kappa shape index (κ1) is 18.1. The first-order valence-electron chi connectivity index (χ1n) is 9.96. The zero-order valence-electron chi connectivity index (χ0n) is 16.4. The van der Waals surface area contributed by atoms with E-state index in [1.165, 1.54) is 0 Å². The lowest BCUT2D eigenvalue weighted by Crippen LogP contribution is -2.11. The van der Waals surface area contributed by atoms with Gasteiger partial charge in [-0.2, -0.15) is 0 Å². The van der Waals surface area contributed by atoms with Crippen LogP contribution in [0.25, 0.3) is 33.3 Å². The zero-order chi connectivity index (χ0) is 20.2. The molecule has 4 aromatic carbocycles. The minimum Gasteiger partial charge on any atom is -0.529 e. The fourth-order valence-electron chi connectivity index (χ4n) is 3.73. The van der Waals surface area contributed by atoms with Crippen molar-refractivity contribution in [1.29, 1.82) is 0 Å². The van der Waals surface area contributed by atoms with Crippen LogP contribution in [0.1, 0.15) is 0 Å². The highest BCUT2D eigenvalue weighted by Crippen LogP contribution is 2.42. The van der Waals surface area contributed by atoms with E-state index in [-0.39, 0.29) is 7.69 Å². The fraction of sp³-hybridized carbons (Fsp3) is 0. The molecule has 5 rings (SSSR count). The average molecular weight is 389 g/mol. The number of hydrogen-bond acceptors (Lipinski definition) is 2. The van der Waals surface area contributed by atoms with Gasteiger partial charge in [-0.05, 0) is 35.4 Å². The summed E-state index contributed by atoms with van der Waals surface area (Å²) in [6.45, 7) is 0. The van der Waals surface area contributed by atoms with Crippen LogP contribution in [-0.2, 0) is 0 Å². The van der Waals surface area contributed by atoms with E-state index in [0.29, 0.717) is 0 Å². The molecular formula is C26H20BNO2. The maximum atomic E-state index is 6.09. The number of H-pyrrole nitrogens is 1. The molecule has 0 aliphatic rings. The lowest BCUT2D eigenvalue weighted by molar-refractivity contribution is 0.462. The molecule has 1 N–H and O–H groups in total. The summed E-state index contributed by atoms with van der Waals surface area (Å²) in [7, 11) is 0.142. The predicted molar refractivity (Wildman–Crippen MR) is 124 cm³/mol. The fourth-order valence-corrected chi connectivity index (χ4v) is 3.73. The highest BCUT2D eigenvalue weighted by Gasteiger charge is 2.18. The van der Waals surface area contributed by atoms with Crippen LogP contribution in [0.3, 0.4) is 0 Å². The van der Waals surface area contributed by atoms with E-state index in [4.69, 9.17) is 9.31 Å². The SMILES string of the molecule is B(Oc1ccccc1)Oc1cccc2[nH]c(-c3ccccc3)c(-c3ccccc3)c12. The van der Waals surface area contributed by atoms with Crippen LogP contribution < -0.4 is 9.31 Å². The number of aromatic amines is 1. The van der Waals surface area contributed by atoms with Gasteiger partial charge in [0.15, 0.2) is 0 Å². The quantitative estimate of drug-likeness (QED) is 0.350. The maximum Gasteiger partial charge on any atom is 0.576 e. The summed E-state index contributed by atoms with van der Waals surface area (Å²) < 4.78 is 11.9. The second-order valence-electron chi connectivity index (χ2n) is 7.01. The molecule has 4 heteroatoms. The topological polar surface area (TPSA) is 34.2 Å². The van der Waals surface area contributed by atoms with Crippen LogP contribution in [0.15, 0.2) is 109 Å². The Morgan fingerprint density at radius 3 is 1.90 bits per heavy atom. The summed E-state index contributed by atoms with van der Waals surface area (Å²) in [5, 5.41) is 1.05. The van der Waals surface area contributed by atoms with Crippen molar-refractivity contribution >= 4 is 18.6 Å². The summed E-state index contributed by atoms with van der Waals surface area (Å²) in [6, 6.07) is 36.6. The Balaban J connectivity index is 1.60. The van der Waals surface area contributed by atoms with Crippen LogP contribution in [0.5, 0.6) is 11.5 Å². The van der Waals surface area contributed by atoms with E-state index in [1.54, 1.807) is 0 Å². The molecule has 0 spiro atoms. The Morgan fingerprint density at radius 2 is 1.20 bits per heavy atom. The van der Waals surface area contributed by atoms with Crippen molar-refractivity contribution in [2.24, 2.45) is 0 Å². The van der Waals surface area contributed by atoms with Gasteiger partial charge in [-0.25, -0.2) is 0 Å². The summed E-state index contributed by atoms with van der Waals surface area (Å²) in [6.07, 6.45) is 0.